The smallest absolute Gasteiger partial charge is 0.123 e. The Hall–Kier alpha value is -1.10. The van der Waals surface area contributed by atoms with Crippen LogP contribution in [0, 0.1) is 0 Å². The molecule has 1 atom stereocenters. The van der Waals surface area contributed by atoms with Crippen molar-refractivity contribution >= 4 is 0 Å². The summed E-state index contributed by atoms with van der Waals surface area (Å²) in [6, 6.07) is 8.54. The molecule has 2 rings (SSSR count). The van der Waals surface area contributed by atoms with E-state index >= 15 is 0 Å². The second-order valence-electron chi connectivity index (χ2n) is 3.45. The lowest BCUT2D eigenvalue weighted by molar-refractivity contribution is 0.382. The van der Waals surface area contributed by atoms with E-state index in [0.29, 0.717) is 6.04 Å². The number of para-hydroxylation sites is 1. The Labute approximate surface area is 89.9 Å². The molecule has 15 heavy (non-hydrogen) atoms. The normalized spacial score (nSPS) is 20.5. The lowest BCUT2D eigenvalue weighted by atomic mass is 10.0. The fourth-order valence-corrected chi connectivity index (χ4v) is 1.83. The van der Waals surface area contributed by atoms with Gasteiger partial charge in [-0.25, -0.2) is 0 Å². The molecule has 4 heteroatoms. The van der Waals surface area contributed by atoms with E-state index < -0.39 is 0 Å². The van der Waals surface area contributed by atoms with Gasteiger partial charge in [0.1, 0.15) is 5.75 Å². The summed E-state index contributed by atoms with van der Waals surface area (Å²) in [6.45, 7) is 3.04. The van der Waals surface area contributed by atoms with Crippen molar-refractivity contribution in [1.29, 1.82) is 0 Å². The minimum absolute atomic E-state index is 0. The number of hydrogen-bond acceptors (Lipinski definition) is 3. The number of ether oxygens (including phenoxy) is 1. The molecule has 1 saturated heterocycles. The first-order chi connectivity index (χ1) is 6.92. The Morgan fingerprint density at radius 2 is 2.07 bits per heavy atom. The summed E-state index contributed by atoms with van der Waals surface area (Å²) in [6.07, 6.45) is 0. The van der Waals surface area contributed by atoms with Gasteiger partial charge in [0.15, 0.2) is 0 Å². The first-order valence-electron chi connectivity index (χ1n) is 4.99. The minimum Gasteiger partial charge on any atom is -0.496 e. The molecule has 0 aliphatic carbocycles. The molecular weight excluding hydrogens is 192 g/mol. The van der Waals surface area contributed by atoms with Crippen LogP contribution in [-0.2, 0) is 0 Å². The van der Waals surface area contributed by atoms with Crippen LogP contribution in [0.15, 0.2) is 24.3 Å². The average molecular weight is 210 g/mol. The van der Waals surface area contributed by atoms with E-state index in [0.717, 1.165) is 25.4 Å². The van der Waals surface area contributed by atoms with Crippen molar-refractivity contribution < 1.29 is 10.2 Å². The van der Waals surface area contributed by atoms with Gasteiger partial charge in [-0.15, -0.1) is 0 Å². The van der Waals surface area contributed by atoms with Gasteiger partial charge in [0.05, 0.1) is 7.11 Å². The van der Waals surface area contributed by atoms with Gasteiger partial charge in [-0.3, -0.25) is 0 Å². The topological polar surface area (TPSA) is 64.8 Å². The van der Waals surface area contributed by atoms with E-state index in [9.17, 15) is 0 Å². The molecule has 0 aromatic heterocycles. The second-order valence-corrected chi connectivity index (χ2v) is 3.45. The van der Waals surface area contributed by atoms with Crippen molar-refractivity contribution in [2.75, 3.05) is 26.7 Å². The van der Waals surface area contributed by atoms with Crippen molar-refractivity contribution in [3.05, 3.63) is 29.8 Å². The molecule has 1 aliphatic rings. The van der Waals surface area contributed by atoms with Crippen LogP contribution >= 0.6 is 0 Å². The molecule has 4 N–H and O–H groups in total. The van der Waals surface area contributed by atoms with Gasteiger partial charge in [0.25, 0.3) is 0 Å². The number of hydrogen-bond donors (Lipinski definition) is 2. The molecule has 0 bridgehead atoms. The first-order valence-corrected chi connectivity index (χ1v) is 4.99. The second kappa shape index (κ2) is 5.70. The van der Waals surface area contributed by atoms with E-state index in [1.165, 1.54) is 5.56 Å². The van der Waals surface area contributed by atoms with E-state index in [1.54, 1.807) is 7.11 Å². The molecule has 0 radical (unpaired) electrons. The molecule has 4 nitrogen and oxygen atoms in total. The summed E-state index contributed by atoms with van der Waals surface area (Å²) >= 11 is 0. The zero-order valence-electron chi connectivity index (χ0n) is 8.92. The molecule has 1 aromatic carbocycles. The minimum atomic E-state index is 0. The third-order valence-corrected chi connectivity index (χ3v) is 2.56. The van der Waals surface area contributed by atoms with E-state index in [2.05, 4.69) is 16.7 Å². The Morgan fingerprint density at radius 3 is 2.73 bits per heavy atom. The van der Waals surface area contributed by atoms with Gasteiger partial charge in [0, 0.05) is 31.2 Å². The fourth-order valence-electron chi connectivity index (χ4n) is 1.83. The molecule has 1 aliphatic heterocycles. The molecule has 84 valence electrons. The first kappa shape index (κ1) is 12.0. The van der Waals surface area contributed by atoms with Gasteiger partial charge in [-0.05, 0) is 6.07 Å². The molecule has 1 unspecified atom stereocenters. The van der Waals surface area contributed by atoms with Crippen LogP contribution in [0.2, 0.25) is 0 Å². The monoisotopic (exact) mass is 210 g/mol. The number of rotatable bonds is 2. The predicted molar refractivity (Wildman–Crippen MR) is 60.2 cm³/mol. The Kier molecular flexibility index (Phi) is 4.55. The Bertz CT molecular complexity index is 298. The zero-order valence-corrected chi connectivity index (χ0v) is 8.92. The molecule has 0 amide bonds. The summed E-state index contributed by atoms with van der Waals surface area (Å²) in [5.41, 5.74) is 1.24. The van der Waals surface area contributed by atoms with E-state index in [-0.39, 0.29) is 5.48 Å². The molecule has 1 aromatic rings. The highest BCUT2D eigenvalue weighted by Gasteiger charge is 2.17. The number of nitrogens with one attached hydrogen (secondary N) is 2. The molecular formula is C11H18N2O2. The van der Waals surface area contributed by atoms with Gasteiger partial charge in [-0.1, -0.05) is 18.2 Å². The van der Waals surface area contributed by atoms with Crippen molar-refractivity contribution in [3.8, 4) is 5.75 Å². The van der Waals surface area contributed by atoms with Crippen LogP contribution in [0.3, 0.4) is 0 Å². The van der Waals surface area contributed by atoms with Crippen molar-refractivity contribution in [1.82, 2.24) is 10.6 Å². The molecule has 0 saturated carbocycles. The Morgan fingerprint density at radius 1 is 1.27 bits per heavy atom. The maximum absolute atomic E-state index is 5.33. The number of benzene rings is 1. The van der Waals surface area contributed by atoms with Crippen molar-refractivity contribution in [2.24, 2.45) is 0 Å². The van der Waals surface area contributed by atoms with Crippen LogP contribution in [-0.4, -0.2) is 32.2 Å². The van der Waals surface area contributed by atoms with E-state index in [4.69, 9.17) is 4.74 Å². The summed E-state index contributed by atoms with van der Waals surface area (Å²) < 4.78 is 5.33. The standard InChI is InChI=1S/C11H16N2O.H2O/c1-14-11-5-3-2-4-9(11)10-8-12-6-7-13-10;/h2-5,10,12-13H,6-8H2,1H3;1H2. The zero-order chi connectivity index (χ0) is 9.80. The summed E-state index contributed by atoms with van der Waals surface area (Å²) in [5, 5.41) is 6.83. The molecule has 0 spiro atoms. The highest BCUT2D eigenvalue weighted by Crippen LogP contribution is 2.24. The molecule has 1 heterocycles. The van der Waals surface area contributed by atoms with Crippen LogP contribution < -0.4 is 15.4 Å². The average Bonchev–Trinajstić information content (AvgIpc) is 2.30. The largest absolute Gasteiger partial charge is 0.496 e. The predicted octanol–water partition coefficient (Wildman–Crippen LogP) is 0.104. The SMILES string of the molecule is COc1ccccc1C1CNCCN1.O. The third kappa shape index (κ3) is 2.68. The highest BCUT2D eigenvalue weighted by molar-refractivity contribution is 5.36. The number of methoxy groups -OCH3 is 1. The van der Waals surface area contributed by atoms with Crippen LogP contribution in [0.25, 0.3) is 0 Å². The van der Waals surface area contributed by atoms with Crippen LogP contribution in [0.5, 0.6) is 5.75 Å². The number of piperazine rings is 1. The highest BCUT2D eigenvalue weighted by atomic mass is 16.5. The fraction of sp³-hybridized carbons (Fsp3) is 0.455. The Balaban J connectivity index is 0.00000112. The van der Waals surface area contributed by atoms with E-state index in [1.807, 2.05) is 18.2 Å². The summed E-state index contributed by atoms with van der Waals surface area (Å²) in [5.74, 6) is 0.966. The summed E-state index contributed by atoms with van der Waals surface area (Å²) in [4.78, 5) is 0. The van der Waals surface area contributed by atoms with Gasteiger partial charge >= 0.3 is 0 Å². The molecule has 1 fully saturated rings. The van der Waals surface area contributed by atoms with Gasteiger partial charge < -0.3 is 20.8 Å². The van der Waals surface area contributed by atoms with Crippen LogP contribution in [0.4, 0.5) is 0 Å². The lowest BCUT2D eigenvalue weighted by Gasteiger charge is -2.26. The van der Waals surface area contributed by atoms with Gasteiger partial charge in [0.2, 0.25) is 0 Å². The van der Waals surface area contributed by atoms with Crippen LogP contribution in [0.1, 0.15) is 11.6 Å². The summed E-state index contributed by atoms with van der Waals surface area (Å²) in [7, 11) is 1.72. The third-order valence-electron chi connectivity index (χ3n) is 2.56. The maximum Gasteiger partial charge on any atom is 0.123 e. The van der Waals surface area contributed by atoms with Crippen molar-refractivity contribution in [2.45, 2.75) is 6.04 Å². The maximum atomic E-state index is 5.33. The van der Waals surface area contributed by atoms with Crippen molar-refractivity contribution in [3.63, 3.8) is 0 Å². The van der Waals surface area contributed by atoms with Gasteiger partial charge in [-0.2, -0.15) is 0 Å². The quantitative estimate of drug-likeness (QED) is 0.728. The lowest BCUT2D eigenvalue weighted by Crippen LogP contribution is -2.42.